The van der Waals surface area contributed by atoms with E-state index in [0.717, 1.165) is 25.7 Å². The summed E-state index contributed by atoms with van der Waals surface area (Å²) < 4.78 is 0. The van der Waals surface area contributed by atoms with Crippen molar-refractivity contribution in [3.05, 3.63) is 18.2 Å². The average Bonchev–Trinajstić information content (AvgIpc) is 3.07. The Morgan fingerprint density at radius 3 is 2.48 bits per heavy atom. The number of carbonyl (C=O) groups excluding carboxylic acids is 2. The number of aliphatic carboxylic acids is 1. The largest absolute Gasteiger partial charge is 0.480 e. The topological polar surface area (TPSA) is 138 Å². The molecule has 1 rings (SSSR count). The van der Waals surface area contributed by atoms with Crippen molar-refractivity contribution in [3.63, 3.8) is 0 Å². The Morgan fingerprint density at radius 1 is 1.28 bits per heavy atom. The van der Waals surface area contributed by atoms with Gasteiger partial charge in [0.15, 0.2) is 5.78 Å². The van der Waals surface area contributed by atoms with Crippen molar-refractivity contribution >= 4 is 17.7 Å². The predicted molar refractivity (Wildman–Crippen MR) is 92.9 cm³/mol. The molecule has 25 heavy (non-hydrogen) atoms. The van der Waals surface area contributed by atoms with Crippen LogP contribution in [-0.2, 0) is 14.4 Å². The number of carboxylic acids is 1. The van der Waals surface area contributed by atoms with Gasteiger partial charge in [-0.05, 0) is 13.3 Å². The highest BCUT2D eigenvalue weighted by Crippen LogP contribution is 2.21. The molecule has 0 spiro atoms. The lowest BCUT2D eigenvalue weighted by atomic mass is 9.88. The molecule has 8 nitrogen and oxygen atoms in total. The number of carboxylic acid groups (broad SMARTS) is 1. The number of nitrogens with one attached hydrogen (secondary N) is 2. The number of nitrogens with two attached hydrogens (primary N) is 1. The van der Waals surface area contributed by atoms with Gasteiger partial charge in [-0.15, -0.1) is 0 Å². The third-order valence-corrected chi connectivity index (χ3v) is 4.02. The van der Waals surface area contributed by atoms with E-state index in [1.54, 1.807) is 0 Å². The second-order valence-electron chi connectivity index (χ2n) is 6.21. The fourth-order valence-electron chi connectivity index (χ4n) is 2.63. The SMILES string of the molecule is CCCCCCCC(=O)NC(C(=O)O)C(C(=O)C(C)N)c1c[nH]cn1. The van der Waals surface area contributed by atoms with Gasteiger partial charge in [0.25, 0.3) is 0 Å². The lowest BCUT2D eigenvalue weighted by Gasteiger charge is -2.24. The number of amides is 1. The molecule has 0 aliphatic carbocycles. The van der Waals surface area contributed by atoms with Crippen LogP contribution < -0.4 is 11.1 Å². The number of ketones is 1. The maximum absolute atomic E-state index is 12.4. The minimum atomic E-state index is -1.40. The van der Waals surface area contributed by atoms with Crippen molar-refractivity contribution in [1.82, 2.24) is 15.3 Å². The van der Waals surface area contributed by atoms with E-state index in [1.807, 2.05) is 0 Å². The number of imidazole rings is 1. The van der Waals surface area contributed by atoms with Crippen LogP contribution in [0.3, 0.4) is 0 Å². The van der Waals surface area contributed by atoms with Crippen molar-refractivity contribution in [2.45, 2.75) is 70.4 Å². The normalized spacial score (nSPS) is 14.5. The van der Waals surface area contributed by atoms with Crippen molar-refractivity contribution < 1.29 is 19.5 Å². The van der Waals surface area contributed by atoms with Crippen LogP contribution in [0.1, 0.15) is 64.0 Å². The summed E-state index contributed by atoms with van der Waals surface area (Å²) in [5.74, 6) is -3.29. The van der Waals surface area contributed by atoms with Gasteiger partial charge in [0, 0.05) is 12.6 Å². The number of aromatic nitrogens is 2. The standard InChI is InChI=1S/C17H28N4O4/c1-3-4-5-6-7-8-13(22)21-15(17(24)25)14(16(23)11(2)18)12-9-19-10-20-12/h9-11,14-15H,3-8,18H2,1-2H3,(H,19,20)(H,21,22)(H,24,25). The summed E-state index contributed by atoms with van der Waals surface area (Å²) >= 11 is 0. The number of Topliss-reactive ketones (excluding diaryl/α,β-unsaturated/α-hetero) is 1. The van der Waals surface area contributed by atoms with E-state index in [1.165, 1.54) is 19.4 Å². The number of unbranched alkanes of at least 4 members (excludes halogenated alkanes) is 4. The summed E-state index contributed by atoms with van der Waals surface area (Å²) in [4.78, 5) is 42.9. The van der Waals surface area contributed by atoms with Crippen molar-refractivity contribution in [2.24, 2.45) is 5.73 Å². The monoisotopic (exact) mass is 352 g/mol. The quantitative estimate of drug-likeness (QED) is 0.419. The van der Waals surface area contributed by atoms with Gasteiger partial charge in [0.1, 0.15) is 6.04 Å². The Labute approximate surface area is 147 Å². The molecule has 0 radical (unpaired) electrons. The van der Waals surface area contributed by atoms with Crippen molar-refractivity contribution in [2.75, 3.05) is 0 Å². The van der Waals surface area contributed by atoms with Gasteiger partial charge in [-0.3, -0.25) is 9.59 Å². The molecule has 0 bridgehead atoms. The maximum atomic E-state index is 12.4. The number of nitrogens with zero attached hydrogens (tertiary/aromatic N) is 1. The van der Waals surface area contributed by atoms with Crippen LogP contribution in [0.4, 0.5) is 0 Å². The fraction of sp³-hybridized carbons (Fsp3) is 0.647. The molecule has 1 heterocycles. The van der Waals surface area contributed by atoms with Gasteiger partial charge in [-0.1, -0.05) is 32.6 Å². The van der Waals surface area contributed by atoms with Crippen LogP contribution in [0.25, 0.3) is 0 Å². The van der Waals surface area contributed by atoms with Crippen LogP contribution in [0.5, 0.6) is 0 Å². The number of hydrogen-bond donors (Lipinski definition) is 4. The van der Waals surface area contributed by atoms with E-state index in [0.29, 0.717) is 6.42 Å². The minimum absolute atomic E-state index is 0.229. The number of H-pyrrole nitrogens is 1. The fourth-order valence-corrected chi connectivity index (χ4v) is 2.63. The average molecular weight is 352 g/mol. The third kappa shape index (κ3) is 6.66. The van der Waals surface area contributed by atoms with Crippen LogP contribution in [0, 0.1) is 0 Å². The Morgan fingerprint density at radius 2 is 1.96 bits per heavy atom. The van der Waals surface area contributed by atoms with Gasteiger partial charge in [0.2, 0.25) is 5.91 Å². The highest BCUT2D eigenvalue weighted by atomic mass is 16.4. The molecule has 5 N–H and O–H groups in total. The summed E-state index contributed by atoms with van der Waals surface area (Å²) in [7, 11) is 0. The van der Waals surface area contributed by atoms with E-state index in [-0.39, 0.29) is 18.0 Å². The Balaban J connectivity index is 2.79. The van der Waals surface area contributed by atoms with Gasteiger partial charge in [-0.2, -0.15) is 0 Å². The summed E-state index contributed by atoms with van der Waals surface area (Å²) in [5.41, 5.74) is 5.89. The van der Waals surface area contributed by atoms with E-state index < -0.39 is 29.8 Å². The third-order valence-electron chi connectivity index (χ3n) is 4.02. The molecular formula is C17H28N4O4. The number of carbonyl (C=O) groups is 3. The second kappa shape index (κ2) is 10.6. The Kier molecular flexibility index (Phi) is 8.83. The molecule has 3 unspecified atom stereocenters. The molecule has 0 fully saturated rings. The number of rotatable bonds is 12. The molecule has 0 saturated carbocycles. The molecule has 1 aromatic rings. The molecule has 1 aromatic heterocycles. The Bertz CT molecular complexity index is 557. The molecule has 1 amide bonds. The molecule has 0 saturated heterocycles. The van der Waals surface area contributed by atoms with Gasteiger partial charge < -0.3 is 21.1 Å². The summed E-state index contributed by atoms with van der Waals surface area (Å²) in [6.07, 6.45) is 7.90. The molecule has 0 aromatic carbocycles. The zero-order chi connectivity index (χ0) is 18.8. The molecule has 0 aliphatic heterocycles. The van der Waals surface area contributed by atoms with Gasteiger partial charge in [0.05, 0.1) is 24.0 Å². The highest BCUT2D eigenvalue weighted by molar-refractivity contribution is 5.96. The smallest absolute Gasteiger partial charge is 0.327 e. The molecule has 140 valence electrons. The van der Waals surface area contributed by atoms with E-state index >= 15 is 0 Å². The summed E-state index contributed by atoms with van der Waals surface area (Å²) in [6.45, 7) is 3.59. The number of aromatic amines is 1. The Hall–Kier alpha value is -2.22. The van der Waals surface area contributed by atoms with Crippen LogP contribution in [-0.4, -0.2) is 44.8 Å². The van der Waals surface area contributed by atoms with Gasteiger partial charge >= 0.3 is 5.97 Å². The lowest BCUT2D eigenvalue weighted by Crippen LogP contribution is -2.50. The van der Waals surface area contributed by atoms with E-state index in [2.05, 4.69) is 22.2 Å². The minimum Gasteiger partial charge on any atom is -0.480 e. The van der Waals surface area contributed by atoms with E-state index in [4.69, 9.17) is 5.73 Å². The molecule has 8 heteroatoms. The summed E-state index contributed by atoms with van der Waals surface area (Å²) in [5, 5.41) is 12.0. The molecular weight excluding hydrogens is 324 g/mol. The first-order chi connectivity index (χ1) is 11.9. The lowest BCUT2D eigenvalue weighted by molar-refractivity contribution is -0.144. The maximum Gasteiger partial charge on any atom is 0.327 e. The van der Waals surface area contributed by atoms with Crippen LogP contribution in [0.2, 0.25) is 0 Å². The first kappa shape index (κ1) is 20.8. The van der Waals surface area contributed by atoms with Crippen molar-refractivity contribution in [1.29, 1.82) is 0 Å². The zero-order valence-corrected chi connectivity index (χ0v) is 14.8. The van der Waals surface area contributed by atoms with Crippen molar-refractivity contribution in [3.8, 4) is 0 Å². The van der Waals surface area contributed by atoms with Crippen LogP contribution in [0.15, 0.2) is 12.5 Å². The molecule has 3 atom stereocenters. The van der Waals surface area contributed by atoms with E-state index in [9.17, 15) is 19.5 Å². The van der Waals surface area contributed by atoms with Crippen LogP contribution >= 0.6 is 0 Å². The molecule has 0 aliphatic rings. The predicted octanol–water partition coefficient (Wildman–Crippen LogP) is 1.34. The van der Waals surface area contributed by atoms with Gasteiger partial charge in [-0.25, -0.2) is 9.78 Å². The first-order valence-corrected chi connectivity index (χ1v) is 8.68. The first-order valence-electron chi connectivity index (χ1n) is 8.68. The second-order valence-corrected chi connectivity index (χ2v) is 6.21. The highest BCUT2D eigenvalue weighted by Gasteiger charge is 2.38. The zero-order valence-electron chi connectivity index (χ0n) is 14.8. The summed E-state index contributed by atoms with van der Waals surface area (Å²) in [6, 6.07) is -2.26. The number of hydrogen-bond acceptors (Lipinski definition) is 5.